The molecule has 0 spiro atoms. The highest BCUT2D eigenvalue weighted by molar-refractivity contribution is 9.10. The van der Waals surface area contributed by atoms with E-state index >= 15 is 0 Å². The molecule has 90 valence electrons. The molecule has 0 fully saturated rings. The summed E-state index contributed by atoms with van der Waals surface area (Å²) in [5.74, 6) is 0. The first-order valence-corrected chi connectivity index (χ1v) is 7.47. The van der Waals surface area contributed by atoms with E-state index in [1.165, 1.54) is 5.56 Å². The van der Waals surface area contributed by atoms with Gasteiger partial charge in [0.25, 0.3) is 0 Å². The van der Waals surface area contributed by atoms with Gasteiger partial charge in [-0.25, -0.2) is 0 Å². The van der Waals surface area contributed by atoms with E-state index < -0.39 is 0 Å². The van der Waals surface area contributed by atoms with Crippen molar-refractivity contribution in [1.82, 2.24) is 5.32 Å². The number of thiophene rings is 1. The van der Waals surface area contributed by atoms with Gasteiger partial charge in [-0.1, -0.05) is 27.5 Å². The van der Waals surface area contributed by atoms with Gasteiger partial charge in [0.2, 0.25) is 0 Å². The van der Waals surface area contributed by atoms with Gasteiger partial charge in [0.15, 0.2) is 0 Å². The van der Waals surface area contributed by atoms with Crippen LogP contribution in [0.15, 0.2) is 39.5 Å². The summed E-state index contributed by atoms with van der Waals surface area (Å²) >= 11 is 11.3. The normalized spacial score (nSPS) is 12.6. The Kier molecular flexibility index (Phi) is 4.62. The molecule has 1 aromatic heterocycles. The van der Waals surface area contributed by atoms with Crippen molar-refractivity contribution in [2.24, 2.45) is 0 Å². The third-order valence-corrected chi connectivity index (χ3v) is 4.21. The monoisotopic (exact) mass is 329 g/mol. The molecule has 2 rings (SSSR count). The summed E-state index contributed by atoms with van der Waals surface area (Å²) < 4.78 is 1.06. The summed E-state index contributed by atoms with van der Waals surface area (Å²) in [6, 6.07) is 8.41. The Morgan fingerprint density at radius 2 is 2.24 bits per heavy atom. The highest BCUT2D eigenvalue weighted by Crippen LogP contribution is 2.22. The van der Waals surface area contributed by atoms with Crippen molar-refractivity contribution in [1.29, 1.82) is 0 Å². The molecule has 1 atom stereocenters. The Morgan fingerprint density at radius 3 is 2.94 bits per heavy atom. The van der Waals surface area contributed by atoms with Crippen molar-refractivity contribution < 1.29 is 0 Å². The average Bonchev–Trinajstić information content (AvgIpc) is 2.83. The molecule has 4 heteroatoms. The zero-order valence-electron chi connectivity index (χ0n) is 9.41. The van der Waals surface area contributed by atoms with E-state index in [1.54, 1.807) is 11.3 Å². The fourth-order valence-electron chi connectivity index (χ4n) is 1.58. The molecule has 2 aromatic rings. The molecule has 1 heterocycles. The summed E-state index contributed by atoms with van der Waals surface area (Å²) in [5, 5.41) is 8.54. The zero-order valence-corrected chi connectivity index (χ0v) is 12.6. The molecule has 1 unspecified atom stereocenters. The Bertz CT molecular complexity index is 484. The fourth-order valence-corrected chi connectivity index (χ4v) is 2.93. The second-order valence-corrected chi connectivity index (χ2v) is 6.00. The average molecular weight is 331 g/mol. The van der Waals surface area contributed by atoms with Gasteiger partial charge >= 0.3 is 0 Å². The maximum absolute atomic E-state index is 6.15. The number of hydrogen-bond acceptors (Lipinski definition) is 2. The molecule has 0 saturated heterocycles. The Labute approximate surface area is 119 Å². The molecule has 0 radical (unpaired) electrons. The van der Waals surface area contributed by atoms with Crippen molar-refractivity contribution >= 4 is 38.9 Å². The second-order valence-electron chi connectivity index (χ2n) is 3.90. The first-order chi connectivity index (χ1) is 8.16. The molecule has 17 heavy (non-hydrogen) atoms. The standard InChI is InChI=1S/C13H13BrClNS/c1-9(10-4-5-17-8-10)16-7-11-6-12(14)2-3-13(11)15/h2-6,8-9,16H,7H2,1H3. The number of nitrogens with one attached hydrogen (secondary N) is 1. The number of rotatable bonds is 4. The van der Waals surface area contributed by atoms with Crippen LogP contribution in [0.25, 0.3) is 0 Å². The molecule has 0 bridgehead atoms. The minimum atomic E-state index is 0.344. The molecule has 1 aromatic carbocycles. The summed E-state index contributed by atoms with van der Waals surface area (Å²) in [6.45, 7) is 2.93. The Morgan fingerprint density at radius 1 is 1.41 bits per heavy atom. The first kappa shape index (κ1) is 13.1. The highest BCUT2D eigenvalue weighted by atomic mass is 79.9. The van der Waals surface area contributed by atoms with E-state index in [0.29, 0.717) is 6.04 Å². The first-order valence-electron chi connectivity index (χ1n) is 5.36. The SMILES string of the molecule is CC(NCc1cc(Br)ccc1Cl)c1ccsc1. The highest BCUT2D eigenvalue weighted by Gasteiger charge is 2.07. The molecular formula is C13H13BrClNS. The second kappa shape index (κ2) is 6.01. The lowest BCUT2D eigenvalue weighted by Gasteiger charge is -2.13. The van der Waals surface area contributed by atoms with E-state index in [-0.39, 0.29) is 0 Å². The molecule has 0 saturated carbocycles. The van der Waals surface area contributed by atoms with Crippen LogP contribution in [0, 0.1) is 0 Å². The van der Waals surface area contributed by atoms with Crippen molar-refractivity contribution in [3.8, 4) is 0 Å². The van der Waals surface area contributed by atoms with Gasteiger partial charge < -0.3 is 5.32 Å². The van der Waals surface area contributed by atoms with Crippen molar-refractivity contribution in [3.05, 3.63) is 55.6 Å². The molecule has 1 nitrogen and oxygen atoms in total. The van der Waals surface area contributed by atoms with Crippen LogP contribution in [-0.4, -0.2) is 0 Å². The minimum absolute atomic E-state index is 0.344. The maximum Gasteiger partial charge on any atom is 0.0451 e. The lowest BCUT2D eigenvalue weighted by atomic mass is 10.1. The fraction of sp³-hybridized carbons (Fsp3) is 0.231. The van der Waals surface area contributed by atoms with E-state index in [4.69, 9.17) is 11.6 Å². The summed E-state index contributed by atoms with van der Waals surface area (Å²) in [7, 11) is 0. The summed E-state index contributed by atoms with van der Waals surface area (Å²) in [6.07, 6.45) is 0. The van der Waals surface area contributed by atoms with Gasteiger partial charge in [-0.05, 0) is 53.1 Å². The lowest BCUT2D eigenvalue weighted by Crippen LogP contribution is -2.17. The van der Waals surface area contributed by atoms with Gasteiger partial charge in [-0.15, -0.1) is 0 Å². The lowest BCUT2D eigenvalue weighted by molar-refractivity contribution is 0.576. The molecule has 0 aliphatic rings. The van der Waals surface area contributed by atoms with Gasteiger partial charge in [0, 0.05) is 22.1 Å². The molecule has 0 aliphatic heterocycles. The van der Waals surface area contributed by atoms with Crippen LogP contribution < -0.4 is 5.32 Å². The van der Waals surface area contributed by atoms with Crippen LogP contribution in [-0.2, 0) is 6.54 Å². The predicted molar refractivity (Wildman–Crippen MR) is 78.7 cm³/mol. The van der Waals surface area contributed by atoms with E-state index in [9.17, 15) is 0 Å². The van der Waals surface area contributed by atoms with E-state index in [1.807, 2.05) is 12.1 Å². The Balaban J connectivity index is 2.00. The number of halogens is 2. The van der Waals surface area contributed by atoms with Crippen molar-refractivity contribution in [2.75, 3.05) is 0 Å². The quantitative estimate of drug-likeness (QED) is 0.830. The van der Waals surface area contributed by atoms with Gasteiger partial charge in [0.1, 0.15) is 0 Å². The van der Waals surface area contributed by atoms with Crippen LogP contribution in [0.2, 0.25) is 5.02 Å². The number of hydrogen-bond donors (Lipinski definition) is 1. The zero-order chi connectivity index (χ0) is 12.3. The third kappa shape index (κ3) is 3.55. The molecule has 0 aliphatic carbocycles. The molecular weight excluding hydrogens is 318 g/mol. The van der Waals surface area contributed by atoms with Crippen LogP contribution in [0.5, 0.6) is 0 Å². The molecule has 0 amide bonds. The molecule has 1 N–H and O–H groups in total. The predicted octanol–water partition coefficient (Wildman–Crippen LogP) is 5.01. The van der Waals surface area contributed by atoms with Crippen LogP contribution in [0.1, 0.15) is 24.1 Å². The maximum atomic E-state index is 6.15. The van der Waals surface area contributed by atoms with E-state index in [0.717, 1.165) is 21.6 Å². The largest absolute Gasteiger partial charge is 0.306 e. The van der Waals surface area contributed by atoms with Crippen LogP contribution in [0.3, 0.4) is 0 Å². The topological polar surface area (TPSA) is 12.0 Å². The Hall–Kier alpha value is -0.350. The number of benzene rings is 1. The van der Waals surface area contributed by atoms with Crippen molar-refractivity contribution in [2.45, 2.75) is 19.5 Å². The summed E-state index contributed by atoms with van der Waals surface area (Å²) in [5.41, 5.74) is 2.43. The van der Waals surface area contributed by atoms with Crippen LogP contribution >= 0.6 is 38.9 Å². The van der Waals surface area contributed by atoms with Crippen LogP contribution in [0.4, 0.5) is 0 Å². The van der Waals surface area contributed by atoms with Crippen molar-refractivity contribution in [3.63, 3.8) is 0 Å². The van der Waals surface area contributed by atoms with Gasteiger partial charge in [-0.2, -0.15) is 11.3 Å². The smallest absolute Gasteiger partial charge is 0.0451 e. The van der Waals surface area contributed by atoms with Gasteiger partial charge in [-0.3, -0.25) is 0 Å². The third-order valence-electron chi connectivity index (χ3n) is 2.65. The summed E-state index contributed by atoms with van der Waals surface area (Å²) in [4.78, 5) is 0. The van der Waals surface area contributed by atoms with Gasteiger partial charge in [0.05, 0.1) is 0 Å². The van der Waals surface area contributed by atoms with E-state index in [2.05, 4.69) is 51.1 Å². The minimum Gasteiger partial charge on any atom is -0.306 e.